The second-order valence-electron chi connectivity index (χ2n) is 4.56. The zero-order chi connectivity index (χ0) is 16.1. The van der Waals surface area contributed by atoms with E-state index in [1.54, 1.807) is 36.4 Å². The Morgan fingerprint density at radius 3 is 2.09 bits per heavy atom. The van der Waals surface area contributed by atoms with Gasteiger partial charge >= 0.3 is 11.8 Å². The first-order chi connectivity index (χ1) is 10.5. The van der Waals surface area contributed by atoms with Crippen LogP contribution < -0.4 is 10.6 Å². The van der Waals surface area contributed by atoms with E-state index < -0.39 is 11.8 Å². The van der Waals surface area contributed by atoms with Crippen LogP contribution in [0.5, 0.6) is 0 Å². The zero-order valence-corrected chi connectivity index (χ0v) is 13.3. The van der Waals surface area contributed by atoms with Crippen molar-refractivity contribution in [1.82, 2.24) is 0 Å². The molecule has 0 unspecified atom stereocenters. The van der Waals surface area contributed by atoms with Gasteiger partial charge in [0.25, 0.3) is 0 Å². The van der Waals surface area contributed by atoms with E-state index in [-0.39, 0.29) is 0 Å². The maximum absolute atomic E-state index is 11.8. The van der Waals surface area contributed by atoms with Gasteiger partial charge in [0.2, 0.25) is 0 Å². The number of benzene rings is 2. The Morgan fingerprint density at radius 2 is 1.55 bits per heavy atom. The van der Waals surface area contributed by atoms with Crippen LogP contribution in [-0.4, -0.2) is 11.8 Å². The van der Waals surface area contributed by atoms with Crippen molar-refractivity contribution in [3.05, 3.63) is 58.1 Å². The minimum Gasteiger partial charge on any atom is -0.318 e. The summed E-state index contributed by atoms with van der Waals surface area (Å²) in [4.78, 5) is 23.7. The van der Waals surface area contributed by atoms with Gasteiger partial charge in [0.05, 0.1) is 11.6 Å². The quantitative estimate of drug-likeness (QED) is 0.809. The third-order valence-electron chi connectivity index (χ3n) is 2.91. The maximum atomic E-state index is 11.8. The highest BCUT2D eigenvalue weighted by molar-refractivity contribution is 9.10. The Balaban J connectivity index is 2.01. The van der Waals surface area contributed by atoms with Crippen LogP contribution in [0.4, 0.5) is 11.4 Å². The van der Waals surface area contributed by atoms with Gasteiger partial charge in [0.1, 0.15) is 0 Å². The summed E-state index contributed by atoms with van der Waals surface area (Å²) in [5.74, 6) is -1.54. The molecule has 2 rings (SSSR count). The second-order valence-corrected chi connectivity index (χ2v) is 5.42. The molecule has 0 saturated heterocycles. The molecule has 0 aliphatic heterocycles. The Kier molecular flexibility index (Phi) is 4.92. The van der Waals surface area contributed by atoms with Gasteiger partial charge in [-0.2, -0.15) is 5.26 Å². The first-order valence-electron chi connectivity index (χ1n) is 6.38. The van der Waals surface area contributed by atoms with Gasteiger partial charge in [-0.1, -0.05) is 22.0 Å². The number of nitrogens with zero attached hydrogens (tertiary/aromatic N) is 1. The number of nitriles is 1. The molecular formula is C16H12BrN3O2. The van der Waals surface area contributed by atoms with Crippen LogP contribution >= 0.6 is 15.9 Å². The minimum absolute atomic E-state index is 0.448. The minimum atomic E-state index is -0.776. The normalized spacial score (nSPS) is 9.68. The van der Waals surface area contributed by atoms with Crippen LogP contribution in [0.25, 0.3) is 0 Å². The highest BCUT2D eigenvalue weighted by atomic mass is 79.9. The first-order valence-corrected chi connectivity index (χ1v) is 7.17. The standard InChI is InChI=1S/C16H12BrN3O2/c1-10-2-5-13(8-14(10)17)20-16(22)15(21)19-12-6-3-11(9-18)4-7-12/h2-8H,1H3,(H,19,21)(H,20,22). The molecule has 0 aromatic heterocycles. The van der Waals surface area contributed by atoms with Crippen molar-refractivity contribution in [3.8, 4) is 6.07 Å². The molecule has 2 amide bonds. The van der Waals surface area contributed by atoms with E-state index in [1.807, 2.05) is 19.1 Å². The smallest absolute Gasteiger partial charge is 0.314 e. The SMILES string of the molecule is Cc1ccc(NC(=O)C(=O)Nc2ccc(C#N)cc2)cc1Br. The molecule has 22 heavy (non-hydrogen) atoms. The Hall–Kier alpha value is -2.65. The average Bonchev–Trinajstić information content (AvgIpc) is 2.51. The van der Waals surface area contributed by atoms with Crippen LogP contribution in [-0.2, 0) is 9.59 Å². The molecule has 0 aliphatic rings. The van der Waals surface area contributed by atoms with E-state index >= 15 is 0 Å². The molecule has 0 aliphatic carbocycles. The third-order valence-corrected chi connectivity index (χ3v) is 3.76. The molecule has 2 N–H and O–H groups in total. The number of nitrogens with one attached hydrogen (secondary N) is 2. The molecule has 110 valence electrons. The molecule has 6 heteroatoms. The summed E-state index contributed by atoms with van der Waals surface area (Å²) in [6, 6.07) is 13.5. The van der Waals surface area contributed by atoms with Crippen molar-refractivity contribution in [2.45, 2.75) is 6.92 Å². The van der Waals surface area contributed by atoms with Crippen molar-refractivity contribution >= 4 is 39.1 Å². The lowest BCUT2D eigenvalue weighted by atomic mass is 10.2. The second kappa shape index (κ2) is 6.87. The van der Waals surface area contributed by atoms with Crippen molar-refractivity contribution in [2.24, 2.45) is 0 Å². The monoisotopic (exact) mass is 357 g/mol. The van der Waals surface area contributed by atoms with Crippen LogP contribution in [0.2, 0.25) is 0 Å². The van der Waals surface area contributed by atoms with E-state index in [9.17, 15) is 9.59 Å². The van der Waals surface area contributed by atoms with E-state index in [2.05, 4.69) is 26.6 Å². The van der Waals surface area contributed by atoms with Crippen molar-refractivity contribution in [1.29, 1.82) is 5.26 Å². The summed E-state index contributed by atoms with van der Waals surface area (Å²) in [6.07, 6.45) is 0. The van der Waals surface area contributed by atoms with Gasteiger partial charge in [0.15, 0.2) is 0 Å². The van der Waals surface area contributed by atoms with Gasteiger partial charge in [-0.15, -0.1) is 0 Å². The topological polar surface area (TPSA) is 82.0 Å². The molecule has 0 spiro atoms. The van der Waals surface area contributed by atoms with Crippen molar-refractivity contribution < 1.29 is 9.59 Å². The summed E-state index contributed by atoms with van der Waals surface area (Å²) in [7, 11) is 0. The van der Waals surface area contributed by atoms with E-state index in [4.69, 9.17) is 5.26 Å². The number of hydrogen-bond acceptors (Lipinski definition) is 3. The summed E-state index contributed by atoms with van der Waals surface area (Å²) in [5, 5.41) is 13.7. The lowest BCUT2D eigenvalue weighted by Gasteiger charge is -2.08. The summed E-state index contributed by atoms with van der Waals surface area (Å²) < 4.78 is 0.845. The van der Waals surface area contributed by atoms with Gasteiger partial charge in [-0.25, -0.2) is 0 Å². The largest absolute Gasteiger partial charge is 0.318 e. The number of aryl methyl sites for hydroxylation is 1. The van der Waals surface area contributed by atoms with Crippen LogP contribution in [0.3, 0.4) is 0 Å². The van der Waals surface area contributed by atoms with Crippen molar-refractivity contribution in [3.63, 3.8) is 0 Å². The van der Waals surface area contributed by atoms with E-state index in [0.29, 0.717) is 16.9 Å². The van der Waals surface area contributed by atoms with Crippen LogP contribution in [0, 0.1) is 18.3 Å². The first kappa shape index (κ1) is 15.7. The average molecular weight is 358 g/mol. The lowest BCUT2D eigenvalue weighted by molar-refractivity contribution is -0.132. The van der Waals surface area contributed by atoms with Gasteiger partial charge in [-0.05, 0) is 48.9 Å². The summed E-state index contributed by atoms with van der Waals surface area (Å²) >= 11 is 3.36. The third kappa shape index (κ3) is 3.93. The fraction of sp³-hybridized carbons (Fsp3) is 0.0625. The van der Waals surface area contributed by atoms with Gasteiger partial charge in [0, 0.05) is 15.8 Å². The zero-order valence-electron chi connectivity index (χ0n) is 11.7. The molecule has 0 heterocycles. The van der Waals surface area contributed by atoms with Crippen molar-refractivity contribution in [2.75, 3.05) is 10.6 Å². The number of anilines is 2. The van der Waals surface area contributed by atoms with Gasteiger partial charge in [-0.3, -0.25) is 9.59 Å². The van der Waals surface area contributed by atoms with E-state index in [0.717, 1.165) is 10.0 Å². The number of carbonyl (C=O) groups excluding carboxylic acids is 2. The fourth-order valence-corrected chi connectivity index (χ4v) is 2.05. The van der Waals surface area contributed by atoms with Crippen LogP contribution in [0.1, 0.15) is 11.1 Å². The maximum Gasteiger partial charge on any atom is 0.314 e. The summed E-state index contributed by atoms with van der Waals surface area (Å²) in [5.41, 5.74) is 2.48. The highest BCUT2D eigenvalue weighted by Gasteiger charge is 2.14. The molecule has 0 atom stereocenters. The molecule has 5 nitrogen and oxygen atoms in total. The molecule has 0 fully saturated rings. The van der Waals surface area contributed by atoms with Gasteiger partial charge < -0.3 is 10.6 Å². The number of hydrogen-bond donors (Lipinski definition) is 2. The molecule has 2 aromatic carbocycles. The molecule has 0 bridgehead atoms. The molecule has 0 saturated carbocycles. The number of rotatable bonds is 2. The lowest BCUT2D eigenvalue weighted by Crippen LogP contribution is -2.29. The van der Waals surface area contributed by atoms with Crippen LogP contribution in [0.15, 0.2) is 46.9 Å². The molecule has 0 radical (unpaired) electrons. The Labute approximate surface area is 136 Å². The molecule has 2 aromatic rings. The Morgan fingerprint density at radius 1 is 1.00 bits per heavy atom. The number of amides is 2. The predicted molar refractivity (Wildman–Crippen MR) is 87.3 cm³/mol. The Bertz CT molecular complexity index is 764. The number of halogens is 1. The van der Waals surface area contributed by atoms with E-state index in [1.165, 1.54) is 0 Å². The molecular weight excluding hydrogens is 346 g/mol. The fourth-order valence-electron chi connectivity index (χ4n) is 1.67. The predicted octanol–water partition coefficient (Wildman–Crippen LogP) is 3.21. The summed E-state index contributed by atoms with van der Waals surface area (Å²) in [6.45, 7) is 1.92. The number of carbonyl (C=O) groups is 2. The highest BCUT2D eigenvalue weighted by Crippen LogP contribution is 2.20.